The number of hydrazine groups is 1. The molecule has 16 heteroatoms. The lowest BCUT2D eigenvalue weighted by atomic mass is 10.0. The van der Waals surface area contributed by atoms with E-state index in [1.165, 1.54) is 24.6 Å². The van der Waals surface area contributed by atoms with Crippen molar-refractivity contribution in [3.63, 3.8) is 0 Å². The van der Waals surface area contributed by atoms with Crippen molar-refractivity contribution in [2.24, 2.45) is 0 Å². The quantitative estimate of drug-likeness (QED) is 0.204. The van der Waals surface area contributed by atoms with Crippen LogP contribution in [0.25, 0.3) is 16.7 Å². The highest BCUT2D eigenvalue weighted by atomic mass is 35.5. The van der Waals surface area contributed by atoms with Crippen molar-refractivity contribution in [1.29, 1.82) is 0 Å². The number of hydrogen-bond donors (Lipinski definition) is 2. The van der Waals surface area contributed by atoms with Gasteiger partial charge >= 0.3 is 5.97 Å². The minimum absolute atomic E-state index is 0.0258. The molecule has 9 nitrogen and oxygen atoms in total. The van der Waals surface area contributed by atoms with Gasteiger partial charge in [0.15, 0.2) is 0 Å². The summed E-state index contributed by atoms with van der Waals surface area (Å²) in [5, 5.41) is 0.149. The molecule has 1 saturated heterocycles. The topological polar surface area (TPSA) is 95.7 Å². The van der Waals surface area contributed by atoms with Gasteiger partial charge in [-0.15, -0.1) is 0 Å². The lowest BCUT2D eigenvalue weighted by molar-refractivity contribution is -0.136. The van der Waals surface area contributed by atoms with Crippen LogP contribution in [0.5, 0.6) is 0 Å². The summed E-state index contributed by atoms with van der Waals surface area (Å²) in [6.07, 6.45) is 0. The van der Waals surface area contributed by atoms with E-state index in [4.69, 9.17) is 49.0 Å². The number of halogens is 7. The maximum Gasteiger partial charge on any atom is 0.341 e. The number of carbonyl (C=O) groups excluding carboxylic acids is 1. The lowest BCUT2D eigenvalue weighted by Crippen LogP contribution is -2.32. The molecule has 2 aromatic carbocycles. The van der Waals surface area contributed by atoms with Crippen LogP contribution in [0.3, 0.4) is 0 Å². The maximum absolute atomic E-state index is 14.0. The Bertz CT molecular complexity index is 1610. The largest absolute Gasteiger partial charge is 0.462 e. The molecule has 1 fully saturated rings. The Labute approximate surface area is 277 Å². The van der Waals surface area contributed by atoms with Crippen LogP contribution in [0.1, 0.15) is 23.6 Å². The van der Waals surface area contributed by atoms with E-state index in [0.717, 1.165) is 38.4 Å². The fourth-order valence-electron chi connectivity index (χ4n) is 4.35. The molecule has 5 rings (SSSR count). The van der Waals surface area contributed by atoms with Crippen molar-refractivity contribution in [1.82, 2.24) is 20.2 Å². The molecular weight excluding hydrogens is 679 g/mol. The minimum atomic E-state index is -0.931. The fraction of sp³-hybridized carbons (Fsp3) is 0.400. The summed E-state index contributed by atoms with van der Waals surface area (Å²) in [5.74, 6) is -3.95. The van der Waals surface area contributed by atoms with E-state index in [0.29, 0.717) is 32.4 Å². The first-order valence-corrected chi connectivity index (χ1v) is 15.3. The van der Waals surface area contributed by atoms with Gasteiger partial charge in [0.05, 0.1) is 57.3 Å². The Morgan fingerprint density at radius 2 is 1.39 bits per heavy atom. The highest BCUT2D eigenvalue weighted by Gasteiger charge is 2.25. The average Bonchev–Trinajstić information content (AvgIpc) is 3.34. The van der Waals surface area contributed by atoms with E-state index >= 15 is 0 Å². The summed E-state index contributed by atoms with van der Waals surface area (Å²) in [5.41, 5.74) is 5.57. The van der Waals surface area contributed by atoms with Gasteiger partial charge in [-0.3, -0.25) is 20.3 Å². The molecule has 2 N–H and O–H groups in total. The van der Waals surface area contributed by atoms with Crippen molar-refractivity contribution in [2.75, 3.05) is 46.1 Å². The first-order valence-electron chi connectivity index (χ1n) is 14.1. The normalized spacial score (nSPS) is 14.4. The number of hydrogen-bond acceptors (Lipinski definition) is 7. The standard InChI is InChI=1S/C14H13ClF2N2O2.C12H10Cl2F2O2.C4H10N2O/c1-8-6-9(11(17)7-10(8)16)12-13(15)18-2-4-21-5-3-19(18)14(12)20;1-3-18-12(17)10(11(13)14)7-4-6(2)8(15)5-9(7)16;1-3-7-4-2-6-5-1/h6-7H,2-5H2,1H3;4-5H,3H2,1-2H3;5-6H,1-4H2. The van der Waals surface area contributed by atoms with Gasteiger partial charge in [-0.1, -0.05) is 34.8 Å². The number of nitrogens with zero attached hydrogens (tertiary/aromatic N) is 2. The van der Waals surface area contributed by atoms with Crippen LogP contribution in [-0.4, -0.2) is 61.5 Å². The summed E-state index contributed by atoms with van der Waals surface area (Å²) in [6, 6.07) is 3.91. The molecular formula is C30H33Cl3F4N4O5. The molecule has 3 heterocycles. The van der Waals surface area contributed by atoms with Crippen molar-refractivity contribution >= 4 is 46.3 Å². The maximum atomic E-state index is 14.0. The third-order valence-corrected chi connectivity index (χ3v) is 7.40. The molecule has 0 radical (unpaired) electrons. The van der Waals surface area contributed by atoms with Crippen LogP contribution in [-0.2, 0) is 32.1 Å². The number of esters is 1. The highest BCUT2D eigenvalue weighted by Crippen LogP contribution is 2.31. The van der Waals surface area contributed by atoms with Crippen molar-refractivity contribution in [3.05, 3.63) is 84.2 Å². The number of benzene rings is 2. The molecule has 2 aliphatic rings. The van der Waals surface area contributed by atoms with Gasteiger partial charge in [-0.05, 0) is 44.0 Å². The number of ether oxygens (including phenoxy) is 3. The van der Waals surface area contributed by atoms with Crippen molar-refractivity contribution < 1.29 is 36.6 Å². The number of rotatable bonds is 4. The molecule has 0 atom stereocenters. The number of fused-ring (bicyclic) bond motifs is 1. The SMILES string of the molecule is C1COCCNN1.CCOC(=O)C(=C(Cl)Cl)c1cc(C)c(F)cc1F.Cc1cc(-c2c(Cl)n3n(c2=O)CCOCC3)c(F)cc1F. The van der Waals surface area contributed by atoms with Crippen LogP contribution in [0.4, 0.5) is 17.6 Å². The zero-order valence-corrected chi connectivity index (χ0v) is 27.5. The molecule has 252 valence electrons. The third-order valence-electron chi connectivity index (χ3n) is 6.64. The first kappa shape index (κ1) is 37.5. The third kappa shape index (κ3) is 9.57. The summed E-state index contributed by atoms with van der Waals surface area (Å²) >= 11 is 17.4. The zero-order chi connectivity index (χ0) is 34.0. The molecule has 1 aromatic heterocycles. The Morgan fingerprint density at radius 3 is 1.98 bits per heavy atom. The van der Waals surface area contributed by atoms with Crippen LogP contribution in [0.15, 0.2) is 33.6 Å². The van der Waals surface area contributed by atoms with E-state index < -0.39 is 39.3 Å². The van der Waals surface area contributed by atoms with E-state index in [1.54, 1.807) is 11.6 Å². The van der Waals surface area contributed by atoms with Gasteiger partial charge in [0, 0.05) is 36.3 Å². The van der Waals surface area contributed by atoms with E-state index in [1.807, 2.05) is 0 Å². The van der Waals surface area contributed by atoms with Gasteiger partial charge in [-0.25, -0.2) is 27.0 Å². The second kappa shape index (κ2) is 17.9. The Kier molecular flexibility index (Phi) is 14.6. The molecule has 0 aliphatic carbocycles. The van der Waals surface area contributed by atoms with Crippen molar-refractivity contribution in [3.8, 4) is 11.1 Å². The number of aryl methyl sites for hydroxylation is 2. The molecule has 2 aliphatic heterocycles. The van der Waals surface area contributed by atoms with Crippen molar-refractivity contribution in [2.45, 2.75) is 33.9 Å². The van der Waals surface area contributed by atoms with E-state index in [-0.39, 0.29) is 45.2 Å². The van der Waals surface area contributed by atoms with Gasteiger partial charge in [-0.2, -0.15) is 0 Å². The van der Waals surface area contributed by atoms with Gasteiger partial charge in [0.25, 0.3) is 5.56 Å². The number of carbonyl (C=O) groups is 1. The minimum Gasteiger partial charge on any atom is -0.462 e. The summed E-state index contributed by atoms with van der Waals surface area (Å²) in [7, 11) is 0. The van der Waals surface area contributed by atoms with E-state index in [9.17, 15) is 27.2 Å². The highest BCUT2D eigenvalue weighted by molar-refractivity contribution is 6.61. The number of nitrogens with one attached hydrogen (secondary N) is 2. The Hall–Kier alpha value is -2.91. The van der Waals surface area contributed by atoms with Gasteiger partial charge < -0.3 is 14.2 Å². The Morgan fingerprint density at radius 1 is 0.848 bits per heavy atom. The second-order valence-electron chi connectivity index (χ2n) is 9.81. The smallest absolute Gasteiger partial charge is 0.341 e. The van der Waals surface area contributed by atoms with Gasteiger partial charge in [0.1, 0.15) is 32.9 Å². The number of aromatic nitrogens is 2. The molecule has 0 unspecified atom stereocenters. The molecule has 0 saturated carbocycles. The van der Waals surface area contributed by atoms with Crippen LogP contribution in [0.2, 0.25) is 5.15 Å². The average molecular weight is 712 g/mol. The first-order chi connectivity index (χ1) is 21.9. The molecule has 0 amide bonds. The summed E-state index contributed by atoms with van der Waals surface area (Å²) in [6.45, 7) is 9.69. The fourth-order valence-corrected chi connectivity index (χ4v) is 5.06. The molecule has 46 heavy (non-hydrogen) atoms. The lowest BCUT2D eigenvalue weighted by Gasteiger charge is -2.10. The van der Waals surface area contributed by atoms with Crippen LogP contribution < -0.4 is 16.4 Å². The predicted octanol–water partition coefficient (Wildman–Crippen LogP) is 5.68. The van der Waals surface area contributed by atoms with E-state index in [2.05, 4.69) is 10.9 Å². The molecule has 3 aromatic rings. The Balaban J connectivity index is 0.000000209. The zero-order valence-electron chi connectivity index (χ0n) is 25.3. The second-order valence-corrected chi connectivity index (χ2v) is 11.1. The summed E-state index contributed by atoms with van der Waals surface area (Å²) in [4.78, 5) is 24.1. The molecule has 0 bridgehead atoms. The van der Waals surface area contributed by atoms with Gasteiger partial charge in [0.2, 0.25) is 0 Å². The molecule has 0 spiro atoms. The van der Waals surface area contributed by atoms with Crippen LogP contribution in [0, 0.1) is 37.1 Å². The van der Waals surface area contributed by atoms with Crippen LogP contribution >= 0.6 is 34.8 Å². The monoisotopic (exact) mass is 710 g/mol. The predicted molar refractivity (Wildman–Crippen MR) is 168 cm³/mol. The summed E-state index contributed by atoms with van der Waals surface area (Å²) < 4.78 is 71.8.